The van der Waals surface area contributed by atoms with Gasteiger partial charge in [-0.1, -0.05) is 6.08 Å². The molecule has 0 aromatic rings. The van der Waals surface area contributed by atoms with Crippen LogP contribution in [0.4, 0.5) is 0 Å². The first-order chi connectivity index (χ1) is 9.26. The standard InChI is InChI=1S/C15H22O4/c1-17-12-6-7-15(8-9-16)11-5-3-4-10(12)13(11)19-14(15)18-2/h5,9-10,12-14H,3-4,6-8H2,1-2H3/t10-,12+,13+,14?,15+/m1/s1. The van der Waals surface area contributed by atoms with Gasteiger partial charge in [0, 0.05) is 26.6 Å². The molecule has 0 amide bonds. The van der Waals surface area contributed by atoms with E-state index in [1.807, 2.05) is 0 Å². The highest BCUT2D eigenvalue weighted by Crippen LogP contribution is 2.56. The molecule has 0 aromatic carbocycles. The number of carbonyl (C=O) groups excluding carboxylic acids is 1. The van der Waals surface area contributed by atoms with E-state index in [4.69, 9.17) is 14.2 Å². The largest absolute Gasteiger partial charge is 0.381 e. The van der Waals surface area contributed by atoms with Crippen molar-refractivity contribution in [1.82, 2.24) is 0 Å². The number of hydrogen-bond acceptors (Lipinski definition) is 4. The first-order valence-corrected chi connectivity index (χ1v) is 7.12. The summed E-state index contributed by atoms with van der Waals surface area (Å²) in [5, 5.41) is 0. The number of allylic oxidation sites excluding steroid dienone is 1. The zero-order chi connectivity index (χ0) is 13.5. The quantitative estimate of drug-likeness (QED) is 0.577. The molecule has 4 nitrogen and oxygen atoms in total. The molecule has 5 atom stereocenters. The van der Waals surface area contributed by atoms with E-state index in [1.54, 1.807) is 14.2 Å². The van der Waals surface area contributed by atoms with Crippen LogP contribution in [0.1, 0.15) is 32.1 Å². The fourth-order valence-electron chi connectivity index (χ4n) is 4.29. The lowest BCUT2D eigenvalue weighted by Gasteiger charge is -2.33. The average Bonchev–Trinajstić information content (AvgIpc) is 2.71. The van der Waals surface area contributed by atoms with Gasteiger partial charge in [-0.2, -0.15) is 0 Å². The van der Waals surface area contributed by atoms with Crippen LogP contribution in [-0.4, -0.2) is 39.0 Å². The molecule has 0 spiro atoms. The highest BCUT2D eigenvalue weighted by atomic mass is 16.7. The molecule has 1 saturated heterocycles. The molecule has 1 aliphatic heterocycles. The second-order valence-electron chi connectivity index (χ2n) is 5.86. The van der Waals surface area contributed by atoms with E-state index >= 15 is 0 Å². The van der Waals surface area contributed by atoms with Crippen molar-refractivity contribution in [1.29, 1.82) is 0 Å². The number of hydrogen-bond donors (Lipinski definition) is 0. The van der Waals surface area contributed by atoms with E-state index < -0.39 is 0 Å². The summed E-state index contributed by atoms with van der Waals surface area (Å²) < 4.78 is 17.4. The van der Waals surface area contributed by atoms with Crippen molar-refractivity contribution in [2.75, 3.05) is 14.2 Å². The minimum atomic E-state index is -0.285. The summed E-state index contributed by atoms with van der Waals surface area (Å²) >= 11 is 0. The minimum Gasteiger partial charge on any atom is -0.381 e. The second kappa shape index (κ2) is 5.00. The molecule has 2 fully saturated rings. The first-order valence-electron chi connectivity index (χ1n) is 7.12. The zero-order valence-electron chi connectivity index (χ0n) is 11.6. The van der Waals surface area contributed by atoms with Gasteiger partial charge in [0.1, 0.15) is 6.29 Å². The molecule has 2 aliphatic carbocycles. The summed E-state index contributed by atoms with van der Waals surface area (Å²) in [6.07, 6.45) is 7.83. The summed E-state index contributed by atoms with van der Waals surface area (Å²) in [4.78, 5) is 11.2. The van der Waals surface area contributed by atoms with Crippen LogP contribution in [-0.2, 0) is 19.0 Å². The Morgan fingerprint density at radius 2 is 2.26 bits per heavy atom. The molecular formula is C15H22O4. The van der Waals surface area contributed by atoms with Gasteiger partial charge in [0.15, 0.2) is 6.29 Å². The van der Waals surface area contributed by atoms with Crippen molar-refractivity contribution in [2.45, 2.75) is 50.6 Å². The number of methoxy groups -OCH3 is 2. The van der Waals surface area contributed by atoms with E-state index in [9.17, 15) is 4.79 Å². The van der Waals surface area contributed by atoms with Crippen LogP contribution in [0.2, 0.25) is 0 Å². The third-order valence-electron chi connectivity index (χ3n) is 5.17. The van der Waals surface area contributed by atoms with Crippen molar-refractivity contribution in [3.63, 3.8) is 0 Å². The van der Waals surface area contributed by atoms with Crippen LogP contribution < -0.4 is 0 Å². The summed E-state index contributed by atoms with van der Waals surface area (Å²) in [7, 11) is 3.45. The number of aldehydes is 1. The number of ether oxygens (including phenoxy) is 3. The van der Waals surface area contributed by atoms with Crippen molar-refractivity contribution < 1.29 is 19.0 Å². The van der Waals surface area contributed by atoms with Gasteiger partial charge in [0.25, 0.3) is 0 Å². The SMILES string of the molecule is COC1O[C@@H]2C3=CCC[C@@H]2[C@@H](OC)CC[C@]31CC=O. The van der Waals surface area contributed by atoms with E-state index in [0.29, 0.717) is 12.3 Å². The predicted octanol–water partition coefficient (Wildman–Crippen LogP) is 2.08. The predicted molar refractivity (Wildman–Crippen MR) is 69.6 cm³/mol. The van der Waals surface area contributed by atoms with Gasteiger partial charge in [-0.3, -0.25) is 0 Å². The van der Waals surface area contributed by atoms with Crippen LogP contribution in [0.25, 0.3) is 0 Å². The molecule has 106 valence electrons. The van der Waals surface area contributed by atoms with Crippen molar-refractivity contribution >= 4 is 6.29 Å². The van der Waals surface area contributed by atoms with Gasteiger partial charge in [-0.25, -0.2) is 0 Å². The Labute approximate surface area is 114 Å². The first kappa shape index (κ1) is 13.3. The van der Waals surface area contributed by atoms with Crippen molar-refractivity contribution in [3.05, 3.63) is 11.6 Å². The third-order valence-corrected chi connectivity index (χ3v) is 5.17. The molecule has 3 aliphatic rings. The van der Waals surface area contributed by atoms with Gasteiger partial charge >= 0.3 is 0 Å². The van der Waals surface area contributed by atoms with Gasteiger partial charge in [-0.15, -0.1) is 0 Å². The maximum Gasteiger partial charge on any atom is 0.167 e. The van der Waals surface area contributed by atoms with Crippen LogP contribution in [0.15, 0.2) is 11.6 Å². The van der Waals surface area contributed by atoms with Gasteiger partial charge in [0.2, 0.25) is 0 Å². The van der Waals surface area contributed by atoms with Gasteiger partial charge in [0.05, 0.1) is 17.6 Å². The Kier molecular flexibility index (Phi) is 3.50. The number of carbonyl (C=O) groups is 1. The minimum absolute atomic E-state index is 0.0751. The molecule has 1 heterocycles. The normalized spacial score (nSPS) is 44.6. The molecule has 4 heteroatoms. The summed E-state index contributed by atoms with van der Waals surface area (Å²) in [6.45, 7) is 0. The maximum atomic E-state index is 11.2. The molecule has 4 bridgehead atoms. The summed E-state index contributed by atoms with van der Waals surface area (Å²) in [5.41, 5.74) is 1.04. The smallest absolute Gasteiger partial charge is 0.167 e. The van der Waals surface area contributed by atoms with Crippen molar-refractivity contribution in [2.24, 2.45) is 11.3 Å². The highest BCUT2D eigenvalue weighted by molar-refractivity contribution is 5.54. The lowest BCUT2D eigenvalue weighted by Crippen LogP contribution is -2.37. The average molecular weight is 266 g/mol. The second-order valence-corrected chi connectivity index (χ2v) is 5.86. The summed E-state index contributed by atoms with van der Waals surface area (Å²) in [5.74, 6) is 0.402. The fraction of sp³-hybridized carbons (Fsp3) is 0.800. The third kappa shape index (κ3) is 1.81. The lowest BCUT2D eigenvalue weighted by atomic mass is 9.72. The van der Waals surface area contributed by atoms with Crippen LogP contribution >= 0.6 is 0 Å². The Hall–Kier alpha value is -0.710. The van der Waals surface area contributed by atoms with Gasteiger partial charge < -0.3 is 19.0 Å². The van der Waals surface area contributed by atoms with E-state index in [2.05, 4.69) is 6.08 Å². The van der Waals surface area contributed by atoms with Gasteiger partial charge in [-0.05, 0) is 31.3 Å². The van der Waals surface area contributed by atoms with E-state index in [0.717, 1.165) is 32.0 Å². The molecule has 0 aromatic heterocycles. The monoisotopic (exact) mass is 266 g/mol. The molecule has 0 radical (unpaired) electrons. The Morgan fingerprint density at radius 1 is 1.42 bits per heavy atom. The number of rotatable bonds is 4. The lowest BCUT2D eigenvalue weighted by molar-refractivity contribution is -0.185. The zero-order valence-corrected chi connectivity index (χ0v) is 11.6. The van der Waals surface area contributed by atoms with E-state index in [-0.39, 0.29) is 23.9 Å². The van der Waals surface area contributed by atoms with Crippen LogP contribution in [0.5, 0.6) is 0 Å². The molecule has 0 N–H and O–H groups in total. The maximum absolute atomic E-state index is 11.2. The molecule has 1 saturated carbocycles. The summed E-state index contributed by atoms with van der Waals surface area (Å²) in [6, 6.07) is 0. The topological polar surface area (TPSA) is 44.8 Å². The molecular weight excluding hydrogens is 244 g/mol. The molecule has 19 heavy (non-hydrogen) atoms. The Balaban J connectivity index is 2.03. The Morgan fingerprint density at radius 3 is 2.95 bits per heavy atom. The molecule has 1 unspecified atom stereocenters. The molecule has 3 rings (SSSR count). The highest BCUT2D eigenvalue weighted by Gasteiger charge is 2.58. The Bertz CT molecular complexity index is 392. The van der Waals surface area contributed by atoms with Crippen LogP contribution in [0.3, 0.4) is 0 Å². The van der Waals surface area contributed by atoms with Crippen molar-refractivity contribution in [3.8, 4) is 0 Å². The fourth-order valence-corrected chi connectivity index (χ4v) is 4.29. The van der Waals surface area contributed by atoms with E-state index in [1.165, 1.54) is 5.57 Å². The van der Waals surface area contributed by atoms with Crippen LogP contribution in [0, 0.1) is 11.3 Å².